The predicted octanol–water partition coefficient (Wildman–Crippen LogP) is 1.59. The highest BCUT2D eigenvalue weighted by Crippen LogP contribution is 2.08. The van der Waals surface area contributed by atoms with E-state index in [1.807, 2.05) is 18.2 Å². The second kappa shape index (κ2) is 8.42. The number of rotatable bonds is 7. The number of hydrogen-bond acceptors (Lipinski definition) is 5. The van der Waals surface area contributed by atoms with E-state index in [1.165, 1.54) is 12.1 Å². The van der Waals surface area contributed by atoms with Gasteiger partial charge in [-0.3, -0.25) is 4.98 Å². The van der Waals surface area contributed by atoms with Crippen molar-refractivity contribution >= 4 is 16.1 Å². The van der Waals surface area contributed by atoms with Crippen LogP contribution in [0.25, 0.3) is 0 Å². The molecule has 1 amide bonds. The van der Waals surface area contributed by atoms with Crippen molar-refractivity contribution in [3.8, 4) is 0 Å². The number of hydrogen-bond donors (Lipinski definition) is 2. The maximum atomic E-state index is 11.6. The van der Waals surface area contributed by atoms with E-state index in [-0.39, 0.29) is 11.4 Å². The number of benzene rings is 1. The summed E-state index contributed by atoms with van der Waals surface area (Å²) in [6, 6.07) is 11.6. The molecule has 1 aromatic heterocycles. The van der Waals surface area contributed by atoms with Crippen LogP contribution in [-0.2, 0) is 27.7 Å². The van der Waals surface area contributed by atoms with Crippen LogP contribution >= 0.6 is 0 Å². The Balaban J connectivity index is 1.67. The molecule has 7 nitrogen and oxygen atoms in total. The van der Waals surface area contributed by atoms with Crippen molar-refractivity contribution in [3.05, 3.63) is 59.9 Å². The third-order valence-corrected chi connectivity index (χ3v) is 4.15. The summed E-state index contributed by atoms with van der Waals surface area (Å²) in [7, 11) is -3.71. The molecule has 0 saturated heterocycles. The molecule has 0 radical (unpaired) electrons. The molecule has 0 saturated carbocycles. The molecular formula is C16H19N3O4S. The fraction of sp³-hybridized carbons (Fsp3) is 0.250. The van der Waals surface area contributed by atoms with Gasteiger partial charge >= 0.3 is 6.09 Å². The Labute approximate surface area is 140 Å². The number of aryl methyl sites for hydroxylation is 1. The zero-order chi connectivity index (χ0) is 17.4. The van der Waals surface area contributed by atoms with Crippen LogP contribution in [0.2, 0.25) is 0 Å². The average Bonchev–Trinajstić information content (AvgIpc) is 2.57. The van der Waals surface area contributed by atoms with E-state index in [2.05, 4.69) is 10.3 Å². The maximum Gasteiger partial charge on any atom is 0.407 e. The Kier molecular flexibility index (Phi) is 6.28. The monoisotopic (exact) mass is 349 g/mol. The van der Waals surface area contributed by atoms with Crippen molar-refractivity contribution in [1.29, 1.82) is 0 Å². The van der Waals surface area contributed by atoms with Crippen LogP contribution < -0.4 is 10.5 Å². The Morgan fingerprint density at radius 2 is 1.92 bits per heavy atom. The third kappa shape index (κ3) is 5.98. The lowest BCUT2D eigenvalue weighted by Crippen LogP contribution is -2.24. The molecule has 0 unspecified atom stereocenters. The van der Waals surface area contributed by atoms with Gasteiger partial charge in [-0.1, -0.05) is 18.2 Å². The van der Waals surface area contributed by atoms with Gasteiger partial charge in [0.2, 0.25) is 10.0 Å². The smallest absolute Gasteiger partial charge is 0.407 e. The molecule has 24 heavy (non-hydrogen) atoms. The minimum Gasteiger partial charge on any atom is -0.450 e. The van der Waals surface area contributed by atoms with Crippen molar-refractivity contribution in [2.45, 2.75) is 24.3 Å². The third-order valence-electron chi connectivity index (χ3n) is 3.23. The lowest BCUT2D eigenvalue weighted by molar-refractivity contribution is 0.144. The van der Waals surface area contributed by atoms with E-state index in [4.69, 9.17) is 9.88 Å². The Morgan fingerprint density at radius 3 is 2.54 bits per heavy atom. The molecule has 0 aliphatic rings. The summed E-state index contributed by atoms with van der Waals surface area (Å²) in [4.78, 5) is 15.8. The molecule has 0 bridgehead atoms. The molecule has 2 aromatic rings. The Hall–Kier alpha value is -2.45. The van der Waals surface area contributed by atoms with Gasteiger partial charge in [-0.15, -0.1) is 0 Å². The molecule has 1 heterocycles. The predicted molar refractivity (Wildman–Crippen MR) is 88.6 cm³/mol. The van der Waals surface area contributed by atoms with Crippen molar-refractivity contribution in [1.82, 2.24) is 10.3 Å². The van der Waals surface area contributed by atoms with Gasteiger partial charge in [-0.2, -0.15) is 0 Å². The Morgan fingerprint density at radius 1 is 1.17 bits per heavy atom. The van der Waals surface area contributed by atoms with Crippen LogP contribution in [-0.4, -0.2) is 26.1 Å². The number of nitrogens with zero attached hydrogens (tertiary/aromatic N) is 1. The standard InChI is InChI=1S/C16H19N3O4S/c17-24(21,22)15-8-6-13(7-9-15)12-19-16(20)23-11-3-5-14-4-1-2-10-18-14/h1-2,4,6-10H,3,5,11-12H2,(H,19,20)(H2,17,21,22). The Bertz CT molecular complexity index is 762. The highest BCUT2D eigenvalue weighted by atomic mass is 32.2. The normalized spacial score (nSPS) is 11.0. The number of aromatic nitrogens is 1. The number of primary sulfonamides is 1. The number of sulfonamides is 1. The van der Waals surface area contributed by atoms with E-state index in [1.54, 1.807) is 18.3 Å². The topological polar surface area (TPSA) is 111 Å². The van der Waals surface area contributed by atoms with Gasteiger partial charge in [0.05, 0.1) is 11.5 Å². The molecule has 8 heteroatoms. The number of nitrogens with two attached hydrogens (primary N) is 1. The van der Waals surface area contributed by atoms with Crippen LogP contribution in [0, 0.1) is 0 Å². The van der Waals surface area contributed by atoms with Crippen LogP contribution in [0.1, 0.15) is 17.7 Å². The number of carbonyl (C=O) groups excluding carboxylic acids is 1. The summed E-state index contributed by atoms with van der Waals surface area (Å²) in [5.74, 6) is 0. The first-order valence-corrected chi connectivity index (χ1v) is 8.92. The summed E-state index contributed by atoms with van der Waals surface area (Å²) in [6.07, 6.45) is 2.63. The zero-order valence-electron chi connectivity index (χ0n) is 13.0. The zero-order valence-corrected chi connectivity index (χ0v) is 13.8. The summed E-state index contributed by atoms with van der Waals surface area (Å²) >= 11 is 0. The van der Waals surface area contributed by atoms with Crippen molar-refractivity contribution in [2.75, 3.05) is 6.61 Å². The summed E-state index contributed by atoms with van der Waals surface area (Å²) in [5.41, 5.74) is 1.70. The number of amides is 1. The van der Waals surface area contributed by atoms with Gasteiger partial charge in [0, 0.05) is 18.4 Å². The maximum absolute atomic E-state index is 11.6. The molecule has 3 N–H and O–H groups in total. The first-order valence-electron chi connectivity index (χ1n) is 7.37. The quantitative estimate of drug-likeness (QED) is 0.737. The molecule has 0 spiro atoms. The average molecular weight is 349 g/mol. The van der Waals surface area contributed by atoms with E-state index in [0.717, 1.165) is 17.7 Å². The van der Waals surface area contributed by atoms with Crippen molar-refractivity contribution in [3.63, 3.8) is 0 Å². The fourth-order valence-electron chi connectivity index (χ4n) is 1.99. The van der Waals surface area contributed by atoms with E-state index >= 15 is 0 Å². The lowest BCUT2D eigenvalue weighted by Gasteiger charge is -2.07. The molecule has 0 fully saturated rings. The second-order valence-electron chi connectivity index (χ2n) is 5.10. The fourth-order valence-corrected chi connectivity index (χ4v) is 2.50. The first-order chi connectivity index (χ1) is 11.4. The van der Waals surface area contributed by atoms with Gasteiger partial charge < -0.3 is 10.1 Å². The number of ether oxygens (including phenoxy) is 1. The molecular weight excluding hydrogens is 330 g/mol. The molecule has 2 rings (SSSR count). The summed E-state index contributed by atoms with van der Waals surface area (Å²) in [6.45, 7) is 0.538. The van der Waals surface area contributed by atoms with Crippen LogP contribution in [0.15, 0.2) is 53.6 Å². The van der Waals surface area contributed by atoms with Crippen molar-refractivity contribution < 1.29 is 17.9 Å². The van der Waals surface area contributed by atoms with E-state index < -0.39 is 16.1 Å². The number of nitrogens with one attached hydrogen (secondary N) is 1. The van der Waals surface area contributed by atoms with Gasteiger partial charge in [0.1, 0.15) is 0 Å². The highest BCUT2D eigenvalue weighted by molar-refractivity contribution is 7.89. The number of carbonyl (C=O) groups is 1. The number of pyridine rings is 1. The van der Waals surface area contributed by atoms with Crippen LogP contribution in [0.5, 0.6) is 0 Å². The molecule has 128 valence electrons. The molecule has 1 aromatic carbocycles. The SMILES string of the molecule is NS(=O)(=O)c1ccc(CNC(=O)OCCCc2ccccn2)cc1. The van der Waals surface area contributed by atoms with Crippen LogP contribution in [0.4, 0.5) is 4.79 Å². The molecule has 0 atom stereocenters. The van der Waals surface area contributed by atoms with Gasteiger partial charge in [-0.05, 0) is 42.7 Å². The largest absolute Gasteiger partial charge is 0.450 e. The van der Waals surface area contributed by atoms with Gasteiger partial charge in [0.15, 0.2) is 0 Å². The van der Waals surface area contributed by atoms with Crippen LogP contribution in [0.3, 0.4) is 0 Å². The minimum atomic E-state index is -3.71. The van der Waals surface area contributed by atoms with Gasteiger partial charge in [0.25, 0.3) is 0 Å². The minimum absolute atomic E-state index is 0.0309. The van der Waals surface area contributed by atoms with E-state index in [9.17, 15) is 13.2 Å². The summed E-state index contributed by atoms with van der Waals surface area (Å²) in [5, 5.41) is 7.62. The number of alkyl carbamates (subject to hydrolysis) is 1. The lowest BCUT2D eigenvalue weighted by atomic mass is 10.2. The van der Waals surface area contributed by atoms with Crippen molar-refractivity contribution in [2.24, 2.45) is 5.14 Å². The van der Waals surface area contributed by atoms with E-state index in [0.29, 0.717) is 13.0 Å². The van der Waals surface area contributed by atoms with Gasteiger partial charge in [-0.25, -0.2) is 18.4 Å². The summed E-state index contributed by atoms with van der Waals surface area (Å²) < 4.78 is 27.4. The first kappa shape index (κ1) is 17.9. The molecule has 0 aliphatic carbocycles. The highest BCUT2D eigenvalue weighted by Gasteiger charge is 2.07. The molecule has 0 aliphatic heterocycles. The second-order valence-corrected chi connectivity index (χ2v) is 6.66.